The lowest BCUT2D eigenvalue weighted by Gasteiger charge is -2.10. The number of ether oxygens (including phenoxy) is 1. The average Bonchev–Trinajstić information content (AvgIpc) is 2.43. The molecule has 0 saturated heterocycles. The summed E-state index contributed by atoms with van der Waals surface area (Å²) < 4.78 is 18.8. The molecule has 0 radical (unpaired) electrons. The molecule has 0 aliphatic rings. The number of rotatable bonds is 4. The molecule has 2 rings (SSSR count). The minimum atomic E-state index is -0.507. The summed E-state index contributed by atoms with van der Waals surface area (Å²) >= 11 is 5.61. The van der Waals surface area contributed by atoms with E-state index in [4.69, 9.17) is 16.3 Å². The fraction of sp³-hybridized carbons (Fsp3) is 0.214. The first-order chi connectivity index (χ1) is 9.10. The molecule has 0 aliphatic heterocycles. The van der Waals surface area contributed by atoms with Crippen molar-refractivity contribution in [2.24, 2.45) is 0 Å². The molecule has 19 heavy (non-hydrogen) atoms. The maximum Gasteiger partial charge on any atom is 0.145 e. The van der Waals surface area contributed by atoms with Crippen molar-refractivity contribution in [1.29, 1.82) is 0 Å². The maximum atomic E-state index is 13.3. The van der Waals surface area contributed by atoms with Crippen LogP contribution in [0.3, 0.4) is 0 Å². The molecular formula is C14H14ClFN2O. The van der Waals surface area contributed by atoms with Crippen molar-refractivity contribution < 1.29 is 9.13 Å². The third-order valence-corrected chi connectivity index (χ3v) is 3.07. The van der Waals surface area contributed by atoms with E-state index in [-0.39, 0.29) is 11.1 Å². The molecule has 0 bridgehead atoms. The highest BCUT2D eigenvalue weighted by molar-refractivity contribution is 6.30. The lowest BCUT2D eigenvalue weighted by Crippen LogP contribution is -2.13. The largest absolute Gasteiger partial charge is 0.456 e. The number of hydrogen-bond acceptors (Lipinski definition) is 3. The standard InChI is InChI=1S/C14H14ClFN2O/c1-9(17-2)14-6-4-11(8-18-14)19-10-3-5-12(15)13(16)7-10/h3-9,17H,1-2H3. The van der Waals surface area contributed by atoms with Gasteiger partial charge in [0.05, 0.1) is 16.9 Å². The molecule has 0 fully saturated rings. The van der Waals surface area contributed by atoms with Gasteiger partial charge in [-0.1, -0.05) is 11.6 Å². The van der Waals surface area contributed by atoms with Crippen molar-refractivity contribution in [3.8, 4) is 11.5 Å². The van der Waals surface area contributed by atoms with Gasteiger partial charge in [-0.2, -0.15) is 0 Å². The molecule has 0 amide bonds. The summed E-state index contributed by atoms with van der Waals surface area (Å²) in [7, 11) is 1.87. The molecule has 0 saturated carbocycles. The number of nitrogens with one attached hydrogen (secondary N) is 1. The predicted molar refractivity (Wildman–Crippen MR) is 73.2 cm³/mol. The number of pyridine rings is 1. The molecule has 1 aromatic carbocycles. The van der Waals surface area contributed by atoms with Crippen LogP contribution in [0, 0.1) is 5.82 Å². The van der Waals surface area contributed by atoms with Crippen molar-refractivity contribution in [3.05, 3.63) is 53.1 Å². The van der Waals surface area contributed by atoms with Gasteiger partial charge in [0.15, 0.2) is 0 Å². The van der Waals surface area contributed by atoms with E-state index in [9.17, 15) is 4.39 Å². The van der Waals surface area contributed by atoms with Crippen LogP contribution in [0.25, 0.3) is 0 Å². The topological polar surface area (TPSA) is 34.1 Å². The van der Waals surface area contributed by atoms with E-state index in [0.717, 1.165) is 5.69 Å². The summed E-state index contributed by atoms with van der Waals surface area (Å²) in [5, 5.41) is 3.17. The van der Waals surface area contributed by atoms with Crippen LogP contribution in [0.4, 0.5) is 4.39 Å². The summed E-state index contributed by atoms with van der Waals surface area (Å²) in [6.07, 6.45) is 1.61. The van der Waals surface area contributed by atoms with Crippen LogP contribution in [0.15, 0.2) is 36.5 Å². The molecule has 2 aromatic rings. The van der Waals surface area contributed by atoms with Crippen LogP contribution in [-0.4, -0.2) is 12.0 Å². The van der Waals surface area contributed by atoms with E-state index in [1.807, 2.05) is 20.0 Å². The number of benzene rings is 1. The molecule has 1 unspecified atom stereocenters. The van der Waals surface area contributed by atoms with Gasteiger partial charge in [-0.3, -0.25) is 4.98 Å². The second-order valence-electron chi connectivity index (χ2n) is 4.11. The SMILES string of the molecule is CNC(C)c1ccc(Oc2ccc(Cl)c(F)c2)cn1. The van der Waals surface area contributed by atoms with Crippen molar-refractivity contribution in [3.63, 3.8) is 0 Å². The lowest BCUT2D eigenvalue weighted by molar-refractivity contribution is 0.473. The Bertz CT molecular complexity index is 560. The molecule has 0 aliphatic carbocycles. The van der Waals surface area contributed by atoms with Gasteiger partial charge < -0.3 is 10.1 Å². The van der Waals surface area contributed by atoms with E-state index in [0.29, 0.717) is 11.5 Å². The number of hydrogen-bond donors (Lipinski definition) is 1. The van der Waals surface area contributed by atoms with Crippen LogP contribution in [0.5, 0.6) is 11.5 Å². The van der Waals surface area contributed by atoms with Crippen LogP contribution in [0.1, 0.15) is 18.7 Å². The van der Waals surface area contributed by atoms with Crippen molar-refractivity contribution in [2.45, 2.75) is 13.0 Å². The van der Waals surface area contributed by atoms with Crippen LogP contribution in [-0.2, 0) is 0 Å². The smallest absolute Gasteiger partial charge is 0.145 e. The van der Waals surface area contributed by atoms with Gasteiger partial charge in [0.2, 0.25) is 0 Å². The highest BCUT2D eigenvalue weighted by Gasteiger charge is 2.06. The Labute approximate surface area is 116 Å². The Kier molecular flexibility index (Phi) is 4.35. The molecule has 100 valence electrons. The zero-order valence-corrected chi connectivity index (χ0v) is 11.4. The predicted octanol–water partition coefficient (Wildman–Crippen LogP) is 3.95. The van der Waals surface area contributed by atoms with E-state index >= 15 is 0 Å². The van der Waals surface area contributed by atoms with Gasteiger partial charge in [-0.25, -0.2) is 4.39 Å². The maximum absolute atomic E-state index is 13.3. The molecule has 5 heteroatoms. The van der Waals surface area contributed by atoms with Gasteiger partial charge in [0, 0.05) is 12.1 Å². The normalized spacial score (nSPS) is 12.2. The third kappa shape index (κ3) is 3.43. The Hall–Kier alpha value is -1.65. The molecule has 1 N–H and O–H groups in total. The minimum Gasteiger partial charge on any atom is -0.456 e. The molecule has 0 spiro atoms. The summed E-state index contributed by atoms with van der Waals surface area (Å²) in [6, 6.07) is 8.13. The molecule has 3 nitrogen and oxygen atoms in total. The first kappa shape index (κ1) is 13.8. The van der Waals surface area contributed by atoms with Gasteiger partial charge in [0.1, 0.15) is 17.3 Å². The van der Waals surface area contributed by atoms with Crippen molar-refractivity contribution in [2.75, 3.05) is 7.05 Å². The van der Waals surface area contributed by atoms with E-state index < -0.39 is 5.82 Å². The first-order valence-corrected chi connectivity index (χ1v) is 6.24. The van der Waals surface area contributed by atoms with Gasteiger partial charge in [-0.15, -0.1) is 0 Å². The summed E-state index contributed by atoms with van der Waals surface area (Å²) in [6.45, 7) is 2.01. The third-order valence-electron chi connectivity index (χ3n) is 2.76. The van der Waals surface area contributed by atoms with Gasteiger partial charge >= 0.3 is 0 Å². The zero-order valence-electron chi connectivity index (χ0n) is 10.7. The Morgan fingerprint density at radius 3 is 2.58 bits per heavy atom. The Balaban J connectivity index is 2.12. The first-order valence-electron chi connectivity index (χ1n) is 5.86. The van der Waals surface area contributed by atoms with Crippen molar-refractivity contribution in [1.82, 2.24) is 10.3 Å². The number of aromatic nitrogens is 1. The van der Waals surface area contributed by atoms with Crippen LogP contribution in [0.2, 0.25) is 5.02 Å². The molecule has 1 heterocycles. The minimum absolute atomic E-state index is 0.0728. The highest BCUT2D eigenvalue weighted by Crippen LogP contribution is 2.25. The average molecular weight is 281 g/mol. The Morgan fingerprint density at radius 2 is 2.00 bits per heavy atom. The second kappa shape index (κ2) is 5.99. The Morgan fingerprint density at radius 1 is 1.26 bits per heavy atom. The summed E-state index contributed by atoms with van der Waals surface area (Å²) in [5.74, 6) is 0.430. The number of nitrogens with zero attached hydrogens (tertiary/aromatic N) is 1. The van der Waals surface area contributed by atoms with Crippen LogP contribution < -0.4 is 10.1 Å². The van der Waals surface area contributed by atoms with Gasteiger partial charge in [-0.05, 0) is 38.2 Å². The van der Waals surface area contributed by atoms with E-state index in [2.05, 4.69) is 10.3 Å². The molecule has 1 aromatic heterocycles. The molecule has 1 atom stereocenters. The fourth-order valence-corrected chi connectivity index (χ4v) is 1.65. The molecular weight excluding hydrogens is 267 g/mol. The van der Waals surface area contributed by atoms with Crippen molar-refractivity contribution >= 4 is 11.6 Å². The monoisotopic (exact) mass is 280 g/mol. The van der Waals surface area contributed by atoms with E-state index in [1.54, 1.807) is 18.3 Å². The summed E-state index contributed by atoms with van der Waals surface area (Å²) in [5.41, 5.74) is 0.914. The number of halogens is 2. The second-order valence-corrected chi connectivity index (χ2v) is 4.51. The summed E-state index contributed by atoms with van der Waals surface area (Å²) in [4.78, 5) is 4.28. The van der Waals surface area contributed by atoms with Gasteiger partial charge in [0.25, 0.3) is 0 Å². The highest BCUT2D eigenvalue weighted by atomic mass is 35.5. The lowest BCUT2D eigenvalue weighted by atomic mass is 10.2. The van der Waals surface area contributed by atoms with Crippen LogP contribution >= 0.6 is 11.6 Å². The van der Waals surface area contributed by atoms with E-state index in [1.165, 1.54) is 12.1 Å². The zero-order chi connectivity index (χ0) is 13.8. The quantitative estimate of drug-likeness (QED) is 0.921. The fourth-order valence-electron chi connectivity index (χ4n) is 1.53.